The summed E-state index contributed by atoms with van der Waals surface area (Å²) in [5, 5.41) is 15.9. The molecule has 0 aliphatic carbocycles. The third kappa shape index (κ3) is 2.47. The first kappa shape index (κ1) is 11.3. The molecule has 8 heteroatoms. The molecule has 0 unspecified atom stereocenters. The first-order valence-corrected chi connectivity index (χ1v) is 5.62. The van der Waals surface area contributed by atoms with Gasteiger partial charge in [-0.15, -0.1) is 10.2 Å². The lowest BCUT2D eigenvalue weighted by Gasteiger charge is -2.04. The van der Waals surface area contributed by atoms with Gasteiger partial charge in [0, 0.05) is 8.59 Å². The van der Waals surface area contributed by atoms with E-state index in [1.54, 1.807) is 18.2 Å². The predicted molar refractivity (Wildman–Crippen MR) is 66.3 cm³/mol. The lowest BCUT2D eigenvalue weighted by molar-refractivity contribution is 0.101. The molecule has 1 aromatic carbocycles. The Labute approximate surface area is 109 Å². The van der Waals surface area contributed by atoms with Gasteiger partial charge in [-0.3, -0.25) is 4.79 Å². The van der Waals surface area contributed by atoms with Gasteiger partial charge in [0.05, 0.1) is 5.69 Å². The van der Waals surface area contributed by atoms with Crippen molar-refractivity contribution in [2.24, 2.45) is 0 Å². The Morgan fingerprint density at radius 3 is 2.94 bits per heavy atom. The fourth-order valence-corrected chi connectivity index (χ4v) is 2.03. The SMILES string of the molecule is O=C(Nc1ccc(Cl)cc1I)c1nn[nH]n1. The topological polar surface area (TPSA) is 83.6 Å². The number of carbonyl (C=O) groups excluding carboxylic acids is 1. The van der Waals surface area contributed by atoms with Gasteiger partial charge in [0.1, 0.15) is 0 Å². The van der Waals surface area contributed by atoms with Crippen molar-refractivity contribution in [1.29, 1.82) is 0 Å². The average molecular weight is 350 g/mol. The molecule has 0 bridgehead atoms. The highest BCUT2D eigenvalue weighted by atomic mass is 127. The summed E-state index contributed by atoms with van der Waals surface area (Å²) in [5.74, 6) is -0.431. The zero-order valence-electron chi connectivity index (χ0n) is 7.74. The number of amides is 1. The minimum Gasteiger partial charge on any atom is -0.318 e. The highest BCUT2D eigenvalue weighted by molar-refractivity contribution is 14.1. The first-order valence-electron chi connectivity index (χ1n) is 4.16. The molecule has 1 aromatic heterocycles. The monoisotopic (exact) mass is 349 g/mol. The number of aromatic nitrogens is 4. The lowest BCUT2D eigenvalue weighted by Crippen LogP contribution is -2.14. The van der Waals surface area contributed by atoms with Crippen molar-refractivity contribution >= 4 is 45.8 Å². The molecule has 6 nitrogen and oxygen atoms in total. The second kappa shape index (κ2) is 4.74. The lowest BCUT2D eigenvalue weighted by atomic mass is 10.3. The number of carbonyl (C=O) groups is 1. The van der Waals surface area contributed by atoms with E-state index >= 15 is 0 Å². The molecule has 2 N–H and O–H groups in total. The van der Waals surface area contributed by atoms with Crippen molar-refractivity contribution in [3.05, 3.63) is 32.6 Å². The van der Waals surface area contributed by atoms with E-state index < -0.39 is 5.91 Å². The van der Waals surface area contributed by atoms with Crippen LogP contribution in [0.3, 0.4) is 0 Å². The van der Waals surface area contributed by atoms with E-state index in [0.29, 0.717) is 10.7 Å². The van der Waals surface area contributed by atoms with Crippen molar-refractivity contribution in [3.8, 4) is 0 Å². The van der Waals surface area contributed by atoms with E-state index in [2.05, 4.69) is 48.5 Å². The van der Waals surface area contributed by atoms with Crippen LogP contribution in [0, 0.1) is 3.57 Å². The number of hydrogen-bond acceptors (Lipinski definition) is 4. The van der Waals surface area contributed by atoms with Crippen LogP contribution in [0.25, 0.3) is 0 Å². The van der Waals surface area contributed by atoms with Crippen molar-refractivity contribution in [2.75, 3.05) is 5.32 Å². The minimum atomic E-state index is -0.422. The summed E-state index contributed by atoms with van der Waals surface area (Å²) in [6, 6.07) is 5.14. The first-order chi connectivity index (χ1) is 7.66. The standard InChI is InChI=1S/C8H5ClIN5O/c9-4-1-2-6(5(10)3-4)11-8(16)7-12-14-15-13-7/h1-3H,(H,11,16)(H,12,13,14,15). The number of hydrogen-bond donors (Lipinski definition) is 2. The fourth-order valence-electron chi connectivity index (χ4n) is 1.03. The van der Waals surface area contributed by atoms with Crippen molar-refractivity contribution < 1.29 is 4.79 Å². The van der Waals surface area contributed by atoms with Crippen LogP contribution in [-0.4, -0.2) is 26.5 Å². The number of nitrogens with one attached hydrogen (secondary N) is 2. The molecular weight excluding hydrogens is 344 g/mol. The Kier molecular flexibility index (Phi) is 3.34. The molecule has 0 radical (unpaired) electrons. The Balaban J connectivity index is 2.18. The maximum absolute atomic E-state index is 11.6. The molecule has 2 rings (SSSR count). The number of tetrazole rings is 1. The van der Waals surface area contributed by atoms with E-state index in [4.69, 9.17) is 11.6 Å². The Bertz CT molecular complexity index is 515. The molecule has 0 spiro atoms. The normalized spacial score (nSPS) is 10.1. The molecule has 0 fully saturated rings. The Hall–Kier alpha value is -1.22. The van der Waals surface area contributed by atoms with E-state index in [1.807, 2.05) is 0 Å². The third-order valence-electron chi connectivity index (χ3n) is 1.73. The van der Waals surface area contributed by atoms with Crippen molar-refractivity contribution in [2.45, 2.75) is 0 Å². The summed E-state index contributed by atoms with van der Waals surface area (Å²) < 4.78 is 0.835. The van der Waals surface area contributed by atoms with Gasteiger partial charge in [0.25, 0.3) is 11.7 Å². The summed E-state index contributed by atoms with van der Waals surface area (Å²) in [4.78, 5) is 11.6. The quantitative estimate of drug-likeness (QED) is 0.809. The maximum Gasteiger partial charge on any atom is 0.297 e. The molecule has 0 atom stereocenters. The van der Waals surface area contributed by atoms with Gasteiger partial charge in [-0.2, -0.15) is 5.21 Å². The van der Waals surface area contributed by atoms with Crippen LogP contribution >= 0.6 is 34.2 Å². The Morgan fingerprint density at radius 2 is 2.31 bits per heavy atom. The van der Waals surface area contributed by atoms with Gasteiger partial charge < -0.3 is 5.32 Å². The minimum absolute atomic E-state index is 0.00856. The largest absolute Gasteiger partial charge is 0.318 e. The van der Waals surface area contributed by atoms with Gasteiger partial charge in [-0.25, -0.2) is 0 Å². The molecule has 1 heterocycles. The average Bonchev–Trinajstić information content (AvgIpc) is 2.75. The van der Waals surface area contributed by atoms with Gasteiger partial charge in [0.2, 0.25) is 0 Å². The number of anilines is 1. The van der Waals surface area contributed by atoms with Crippen LogP contribution < -0.4 is 5.32 Å². The van der Waals surface area contributed by atoms with Crippen molar-refractivity contribution in [3.63, 3.8) is 0 Å². The summed E-state index contributed by atoms with van der Waals surface area (Å²) in [6.07, 6.45) is 0. The number of halogens is 2. The van der Waals surface area contributed by atoms with E-state index in [-0.39, 0.29) is 5.82 Å². The van der Waals surface area contributed by atoms with Gasteiger partial charge >= 0.3 is 0 Å². The summed E-state index contributed by atoms with van der Waals surface area (Å²) in [5.41, 5.74) is 0.653. The number of H-pyrrole nitrogens is 1. The zero-order chi connectivity index (χ0) is 11.5. The fraction of sp³-hybridized carbons (Fsp3) is 0. The van der Waals surface area contributed by atoms with E-state index in [9.17, 15) is 4.79 Å². The molecule has 1 amide bonds. The molecule has 2 aromatic rings. The molecule has 16 heavy (non-hydrogen) atoms. The molecule has 82 valence electrons. The van der Waals surface area contributed by atoms with Crippen LogP contribution in [0.5, 0.6) is 0 Å². The molecule has 0 saturated heterocycles. The van der Waals surface area contributed by atoms with Crippen LogP contribution in [-0.2, 0) is 0 Å². The maximum atomic E-state index is 11.6. The second-order valence-corrected chi connectivity index (χ2v) is 4.41. The van der Waals surface area contributed by atoms with Crippen LogP contribution in [0.2, 0.25) is 5.02 Å². The zero-order valence-corrected chi connectivity index (χ0v) is 10.7. The number of nitrogens with zero attached hydrogens (tertiary/aromatic N) is 3. The predicted octanol–water partition coefficient (Wildman–Crippen LogP) is 1.71. The van der Waals surface area contributed by atoms with Gasteiger partial charge in [-0.1, -0.05) is 11.6 Å². The van der Waals surface area contributed by atoms with Gasteiger partial charge in [-0.05, 0) is 46.0 Å². The van der Waals surface area contributed by atoms with Gasteiger partial charge in [0.15, 0.2) is 0 Å². The molecule has 0 aliphatic heterocycles. The number of aromatic amines is 1. The number of benzene rings is 1. The van der Waals surface area contributed by atoms with Crippen LogP contribution in [0.15, 0.2) is 18.2 Å². The van der Waals surface area contributed by atoms with Crippen LogP contribution in [0.4, 0.5) is 5.69 Å². The summed E-state index contributed by atoms with van der Waals surface area (Å²) in [6.45, 7) is 0. The van der Waals surface area contributed by atoms with Crippen molar-refractivity contribution in [1.82, 2.24) is 20.6 Å². The molecule has 0 saturated carbocycles. The van der Waals surface area contributed by atoms with E-state index in [1.165, 1.54) is 0 Å². The molecular formula is C8H5ClIN5O. The third-order valence-corrected chi connectivity index (χ3v) is 2.86. The van der Waals surface area contributed by atoms with Crippen LogP contribution in [0.1, 0.15) is 10.6 Å². The summed E-state index contributed by atoms with van der Waals surface area (Å²) in [7, 11) is 0. The second-order valence-electron chi connectivity index (χ2n) is 2.81. The highest BCUT2D eigenvalue weighted by Gasteiger charge is 2.12. The summed E-state index contributed by atoms with van der Waals surface area (Å²) >= 11 is 7.87. The number of rotatable bonds is 2. The smallest absolute Gasteiger partial charge is 0.297 e. The van der Waals surface area contributed by atoms with E-state index in [0.717, 1.165) is 3.57 Å². The Morgan fingerprint density at radius 1 is 1.50 bits per heavy atom. The molecule has 0 aliphatic rings. The highest BCUT2D eigenvalue weighted by Crippen LogP contribution is 2.22.